The molecule has 3 rings (SSSR count). The van der Waals surface area contributed by atoms with Crippen LogP contribution in [0.5, 0.6) is 0 Å². The number of fused-ring (bicyclic) bond motifs is 1. The molecule has 2 aromatic heterocycles. The Morgan fingerprint density at radius 2 is 2.06 bits per heavy atom. The lowest BCUT2D eigenvalue weighted by Crippen LogP contribution is -2.17. The Kier molecular flexibility index (Phi) is 2.31. The van der Waals surface area contributed by atoms with E-state index in [9.17, 15) is 4.79 Å². The van der Waals surface area contributed by atoms with Crippen LogP contribution in [0.15, 0.2) is 18.3 Å². The van der Waals surface area contributed by atoms with Crippen molar-refractivity contribution in [3.63, 3.8) is 0 Å². The minimum atomic E-state index is -0.0635. The monoisotopic (exact) mass is 230 g/mol. The molecule has 1 saturated heterocycles. The van der Waals surface area contributed by atoms with E-state index in [-0.39, 0.29) is 5.78 Å². The van der Waals surface area contributed by atoms with Crippen LogP contribution >= 0.6 is 0 Å². The van der Waals surface area contributed by atoms with Crippen molar-refractivity contribution in [3.05, 3.63) is 24.2 Å². The van der Waals surface area contributed by atoms with Gasteiger partial charge in [0.1, 0.15) is 0 Å². The van der Waals surface area contributed by atoms with Gasteiger partial charge in [-0.2, -0.15) is 0 Å². The molecule has 5 heteroatoms. The second-order valence-electron chi connectivity index (χ2n) is 4.39. The highest BCUT2D eigenvalue weighted by molar-refractivity contribution is 5.91. The molecule has 3 heterocycles. The van der Waals surface area contributed by atoms with Crippen molar-refractivity contribution in [2.75, 3.05) is 18.0 Å². The van der Waals surface area contributed by atoms with Gasteiger partial charge < -0.3 is 4.90 Å². The Labute approximate surface area is 99.1 Å². The van der Waals surface area contributed by atoms with E-state index in [1.165, 1.54) is 19.8 Å². The first kappa shape index (κ1) is 10.3. The first-order valence-corrected chi connectivity index (χ1v) is 5.86. The lowest BCUT2D eigenvalue weighted by atomic mass is 10.3. The fourth-order valence-corrected chi connectivity index (χ4v) is 2.29. The molecule has 1 fully saturated rings. The summed E-state index contributed by atoms with van der Waals surface area (Å²) in [5.41, 5.74) is 1.90. The number of hydrogen-bond acceptors (Lipinski definition) is 4. The summed E-state index contributed by atoms with van der Waals surface area (Å²) >= 11 is 0. The van der Waals surface area contributed by atoms with E-state index < -0.39 is 0 Å². The number of rotatable bonds is 2. The van der Waals surface area contributed by atoms with Gasteiger partial charge in [-0.1, -0.05) is 0 Å². The quantitative estimate of drug-likeness (QED) is 0.734. The lowest BCUT2D eigenvalue weighted by Gasteiger charge is -2.17. The van der Waals surface area contributed by atoms with Crippen molar-refractivity contribution < 1.29 is 4.79 Å². The largest absolute Gasteiger partial charge is 0.371 e. The highest BCUT2D eigenvalue weighted by Crippen LogP contribution is 2.21. The molecule has 0 atom stereocenters. The Balaban J connectivity index is 2.05. The van der Waals surface area contributed by atoms with Crippen molar-refractivity contribution in [1.82, 2.24) is 14.6 Å². The van der Waals surface area contributed by atoms with Gasteiger partial charge in [0.25, 0.3) is 0 Å². The number of carbonyl (C=O) groups is 1. The van der Waals surface area contributed by atoms with Crippen LogP contribution in [0, 0.1) is 0 Å². The molecule has 2 aromatic rings. The molecule has 0 aromatic carbocycles. The van der Waals surface area contributed by atoms with Crippen molar-refractivity contribution in [3.8, 4) is 0 Å². The highest BCUT2D eigenvalue weighted by Gasteiger charge is 2.15. The maximum atomic E-state index is 11.3. The van der Waals surface area contributed by atoms with Gasteiger partial charge in [0.15, 0.2) is 11.4 Å². The van der Waals surface area contributed by atoms with E-state index >= 15 is 0 Å². The van der Waals surface area contributed by atoms with Gasteiger partial charge in [-0.3, -0.25) is 9.20 Å². The summed E-state index contributed by atoms with van der Waals surface area (Å²) in [6.07, 6.45) is 4.37. The minimum absolute atomic E-state index is 0.0635. The first-order valence-electron chi connectivity index (χ1n) is 5.86. The summed E-state index contributed by atoms with van der Waals surface area (Å²) in [4.78, 5) is 13.7. The van der Waals surface area contributed by atoms with Gasteiger partial charge >= 0.3 is 0 Å². The van der Waals surface area contributed by atoms with Crippen LogP contribution in [0.1, 0.15) is 30.4 Å². The van der Waals surface area contributed by atoms with Gasteiger partial charge in [-0.25, -0.2) is 0 Å². The van der Waals surface area contributed by atoms with Crippen LogP contribution in [0.25, 0.3) is 5.65 Å². The van der Waals surface area contributed by atoms with E-state index in [2.05, 4.69) is 15.1 Å². The van der Waals surface area contributed by atoms with E-state index in [0.717, 1.165) is 24.4 Å². The number of nitrogens with zero attached hydrogens (tertiary/aromatic N) is 4. The number of carbonyl (C=O) groups excluding carboxylic acids is 1. The highest BCUT2D eigenvalue weighted by atomic mass is 16.1. The molecule has 88 valence electrons. The topological polar surface area (TPSA) is 50.5 Å². The molecular weight excluding hydrogens is 216 g/mol. The van der Waals surface area contributed by atoms with Gasteiger partial charge in [0.05, 0.1) is 0 Å². The van der Waals surface area contributed by atoms with E-state index in [1.54, 1.807) is 4.40 Å². The smallest absolute Gasteiger partial charge is 0.204 e. The fourth-order valence-electron chi connectivity index (χ4n) is 2.29. The van der Waals surface area contributed by atoms with Crippen molar-refractivity contribution in [1.29, 1.82) is 0 Å². The van der Waals surface area contributed by atoms with Crippen molar-refractivity contribution >= 4 is 17.1 Å². The molecule has 0 aliphatic carbocycles. The number of ketones is 1. The second kappa shape index (κ2) is 3.84. The average Bonchev–Trinajstić information content (AvgIpc) is 2.97. The lowest BCUT2D eigenvalue weighted by molar-refractivity contribution is 0.100. The predicted octanol–water partition coefficient (Wildman–Crippen LogP) is 1.53. The molecule has 0 saturated carbocycles. The minimum Gasteiger partial charge on any atom is -0.371 e. The first-order chi connectivity index (χ1) is 8.25. The van der Waals surface area contributed by atoms with E-state index in [0.29, 0.717) is 5.82 Å². The van der Waals surface area contributed by atoms with Crippen molar-refractivity contribution in [2.24, 2.45) is 0 Å². The zero-order valence-corrected chi connectivity index (χ0v) is 9.76. The maximum Gasteiger partial charge on any atom is 0.204 e. The van der Waals surface area contributed by atoms with Gasteiger partial charge in [-0.05, 0) is 18.9 Å². The number of Topliss-reactive ketones (excluding diaryl/α,β-unsaturated/α-hetero) is 1. The van der Waals surface area contributed by atoms with Crippen LogP contribution in [0.2, 0.25) is 0 Å². The zero-order valence-electron chi connectivity index (χ0n) is 9.76. The number of pyridine rings is 1. The van der Waals surface area contributed by atoms with Gasteiger partial charge in [0, 0.05) is 38.0 Å². The van der Waals surface area contributed by atoms with E-state index in [1.807, 2.05) is 18.3 Å². The molecule has 0 N–H and O–H groups in total. The third-order valence-electron chi connectivity index (χ3n) is 3.18. The Morgan fingerprint density at radius 3 is 2.76 bits per heavy atom. The van der Waals surface area contributed by atoms with Crippen LogP contribution in [0.4, 0.5) is 5.69 Å². The summed E-state index contributed by atoms with van der Waals surface area (Å²) in [5.74, 6) is 0.333. The van der Waals surface area contributed by atoms with Gasteiger partial charge in [0.2, 0.25) is 5.82 Å². The molecule has 0 amide bonds. The van der Waals surface area contributed by atoms with Crippen LogP contribution in [0.3, 0.4) is 0 Å². The number of hydrogen-bond donors (Lipinski definition) is 0. The summed E-state index contributed by atoms with van der Waals surface area (Å²) in [6.45, 7) is 3.71. The van der Waals surface area contributed by atoms with E-state index in [4.69, 9.17) is 0 Å². The molecule has 0 bridgehead atoms. The summed E-state index contributed by atoms with van der Waals surface area (Å²) < 4.78 is 1.74. The summed E-state index contributed by atoms with van der Waals surface area (Å²) in [5, 5.41) is 7.94. The standard InChI is InChI=1S/C12H14N4O/c1-9(17)12-14-13-11-8-10(4-7-16(11)12)15-5-2-3-6-15/h4,7-8H,2-3,5-6H2,1H3. The van der Waals surface area contributed by atoms with Gasteiger partial charge in [-0.15, -0.1) is 10.2 Å². The normalized spacial score (nSPS) is 15.7. The molecule has 0 spiro atoms. The SMILES string of the molecule is CC(=O)c1nnc2cc(N3CCCC3)ccn12. The molecule has 1 aliphatic rings. The zero-order chi connectivity index (χ0) is 11.8. The summed E-state index contributed by atoms with van der Waals surface area (Å²) in [7, 11) is 0. The fraction of sp³-hybridized carbons (Fsp3) is 0.417. The molecular formula is C12H14N4O. The number of aromatic nitrogens is 3. The average molecular weight is 230 g/mol. The molecule has 1 aliphatic heterocycles. The van der Waals surface area contributed by atoms with Crippen LogP contribution in [-0.2, 0) is 0 Å². The Hall–Kier alpha value is -1.91. The van der Waals surface area contributed by atoms with Crippen LogP contribution < -0.4 is 4.90 Å². The molecule has 17 heavy (non-hydrogen) atoms. The maximum absolute atomic E-state index is 11.3. The van der Waals surface area contributed by atoms with Crippen LogP contribution in [-0.4, -0.2) is 33.5 Å². The number of anilines is 1. The molecule has 5 nitrogen and oxygen atoms in total. The predicted molar refractivity (Wildman–Crippen MR) is 64.4 cm³/mol. The summed E-state index contributed by atoms with van der Waals surface area (Å²) in [6, 6.07) is 4.01. The third-order valence-corrected chi connectivity index (χ3v) is 3.18. The second-order valence-corrected chi connectivity index (χ2v) is 4.39. The molecule has 0 unspecified atom stereocenters. The Bertz CT molecular complexity index is 569. The Morgan fingerprint density at radius 1 is 1.29 bits per heavy atom. The molecule has 0 radical (unpaired) electrons. The third kappa shape index (κ3) is 1.67. The van der Waals surface area contributed by atoms with Crippen molar-refractivity contribution in [2.45, 2.75) is 19.8 Å².